The van der Waals surface area contributed by atoms with Gasteiger partial charge in [0, 0.05) is 15.8 Å². The molecule has 28 heavy (non-hydrogen) atoms. The van der Waals surface area contributed by atoms with Crippen molar-refractivity contribution in [3.63, 3.8) is 0 Å². The Bertz CT molecular complexity index is 932. The topological polar surface area (TPSA) is 73.9 Å². The maximum atomic E-state index is 12.5. The molecule has 146 valence electrons. The van der Waals surface area contributed by atoms with Crippen LogP contribution in [0.2, 0.25) is 0 Å². The molecule has 0 atom stereocenters. The molecule has 0 aliphatic carbocycles. The van der Waals surface area contributed by atoms with Crippen LogP contribution in [-0.2, 0) is 9.53 Å². The minimum Gasteiger partial charge on any atom is -0.497 e. The molecule has 2 heterocycles. The van der Waals surface area contributed by atoms with Gasteiger partial charge in [-0.05, 0) is 42.6 Å². The van der Waals surface area contributed by atoms with Gasteiger partial charge in [0.15, 0.2) is 6.61 Å². The Labute approximate surface area is 170 Å². The van der Waals surface area contributed by atoms with Gasteiger partial charge in [-0.25, -0.2) is 4.79 Å². The van der Waals surface area contributed by atoms with Crippen LogP contribution in [0.4, 0.5) is 5.00 Å². The summed E-state index contributed by atoms with van der Waals surface area (Å²) in [7, 11) is 1.58. The van der Waals surface area contributed by atoms with Gasteiger partial charge in [0.25, 0.3) is 5.91 Å². The van der Waals surface area contributed by atoms with E-state index in [9.17, 15) is 9.59 Å². The second-order valence-electron chi connectivity index (χ2n) is 5.56. The minimum absolute atomic E-state index is 0.180. The van der Waals surface area contributed by atoms with Crippen LogP contribution >= 0.6 is 22.7 Å². The number of esters is 1. The first-order chi connectivity index (χ1) is 13.6. The van der Waals surface area contributed by atoms with Gasteiger partial charge in [0.1, 0.15) is 22.1 Å². The lowest BCUT2D eigenvalue weighted by Crippen LogP contribution is -2.21. The summed E-state index contributed by atoms with van der Waals surface area (Å²) in [5, 5.41) is 6.99. The number of rotatable bonds is 8. The van der Waals surface area contributed by atoms with E-state index in [2.05, 4.69) is 5.32 Å². The number of ether oxygens (including phenoxy) is 3. The Morgan fingerprint density at radius 1 is 1.07 bits per heavy atom. The first-order valence-corrected chi connectivity index (χ1v) is 10.3. The molecule has 8 heteroatoms. The van der Waals surface area contributed by atoms with Gasteiger partial charge in [-0.1, -0.05) is 6.07 Å². The molecule has 0 unspecified atom stereocenters. The van der Waals surface area contributed by atoms with Crippen LogP contribution in [0.3, 0.4) is 0 Å². The standard InChI is InChI=1S/C20H19NO5S2/c1-3-25-20(23)18-15(16-5-4-10-27-16)12-28-19(18)21-17(22)11-26-14-8-6-13(24-2)7-9-14/h4-10,12H,3,11H2,1-2H3,(H,21,22). The van der Waals surface area contributed by atoms with Crippen LogP contribution in [-0.4, -0.2) is 32.2 Å². The lowest BCUT2D eigenvalue weighted by atomic mass is 10.1. The first-order valence-electron chi connectivity index (χ1n) is 8.51. The molecule has 1 N–H and O–H groups in total. The maximum absolute atomic E-state index is 12.5. The van der Waals surface area contributed by atoms with Gasteiger partial charge in [-0.15, -0.1) is 22.7 Å². The fourth-order valence-corrected chi connectivity index (χ4v) is 4.24. The Hall–Kier alpha value is -2.84. The first kappa shape index (κ1) is 19.9. The van der Waals surface area contributed by atoms with Crippen LogP contribution in [0.25, 0.3) is 10.4 Å². The monoisotopic (exact) mass is 417 g/mol. The number of benzene rings is 1. The molecule has 0 aliphatic heterocycles. The number of nitrogens with one attached hydrogen (secondary N) is 1. The average molecular weight is 418 g/mol. The quantitative estimate of drug-likeness (QED) is 0.539. The highest BCUT2D eigenvalue weighted by atomic mass is 32.1. The van der Waals surface area contributed by atoms with E-state index < -0.39 is 5.97 Å². The smallest absolute Gasteiger partial charge is 0.341 e. The van der Waals surface area contributed by atoms with Crippen molar-refractivity contribution in [3.05, 3.63) is 52.7 Å². The summed E-state index contributed by atoms with van der Waals surface area (Å²) in [5.74, 6) is 0.432. The lowest BCUT2D eigenvalue weighted by Gasteiger charge is -2.09. The van der Waals surface area contributed by atoms with E-state index in [1.54, 1.807) is 38.3 Å². The highest BCUT2D eigenvalue weighted by Crippen LogP contribution is 2.38. The van der Waals surface area contributed by atoms with E-state index in [0.29, 0.717) is 22.1 Å². The SMILES string of the molecule is CCOC(=O)c1c(-c2cccs2)csc1NC(=O)COc1ccc(OC)cc1. The largest absolute Gasteiger partial charge is 0.497 e. The van der Waals surface area contributed by atoms with E-state index >= 15 is 0 Å². The molecule has 0 bridgehead atoms. The van der Waals surface area contributed by atoms with Gasteiger partial charge in [-0.3, -0.25) is 4.79 Å². The van der Waals surface area contributed by atoms with Crippen LogP contribution in [0.15, 0.2) is 47.2 Å². The fourth-order valence-electron chi connectivity index (χ4n) is 2.45. The zero-order valence-electron chi connectivity index (χ0n) is 15.4. The van der Waals surface area contributed by atoms with Gasteiger partial charge in [0.2, 0.25) is 0 Å². The molecular formula is C20H19NO5S2. The molecule has 3 aromatic rings. The van der Waals surface area contributed by atoms with Crippen molar-refractivity contribution in [1.29, 1.82) is 0 Å². The van der Waals surface area contributed by atoms with Crippen molar-refractivity contribution in [3.8, 4) is 21.9 Å². The Balaban J connectivity index is 1.71. The zero-order valence-corrected chi connectivity index (χ0v) is 17.0. The van der Waals surface area contributed by atoms with Gasteiger partial charge < -0.3 is 19.5 Å². The van der Waals surface area contributed by atoms with Crippen molar-refractivity contribution in [2.24, 2.45) is 0 Å². The second-order valence-corrected chi connectivity index (χ2v) is 7.39. The molecule has 1 aromatic carbocycles. The van der Waals surface area contributed by atoms with Gasteiger partial charge in [0.05, 0.1) is 13.7 Å². The van der Waals surface area contributed by atoms with E-state index in [4.69, 9.17) is 14.2 Å². The number of hydrogen-bond acceptors (Lipinski definition) is 7. The predicted molar refractivity (Wildman–Crippen MR) is 111 cm³/mol. The van der Waals surface area contributed by atoms with Crippen molar-refractivity contribution in [2.45, 2.75) is 6.92 Å². The van der Waals surface area contributed by atoms with Crippen LogP contribution < -0.4 is 14.8 Å². The molecule has 1 amide bonds. The molecule has 0 fully saturated rings. The highest BCUT2D eigenvalue weighted by molar-refractivity contribution is 7.17. The molecule has 0 spiro atoms. The van der Waals surface area contributed by atoms with Gasteiger partial charge in [-0.2, -0.15) is 0 Å². The molecule has 2 aromatic heterocycles. The molecule has 0 radical (unpaired) electrons. The van der Waals surface area contributed by atoms with Crippen molar-refractivity contribution in [1.82, 2.24) is 0 Å². The summed E-state index contributed by atoms with van der Waals surface area (Å²) in [6, 6.07) is 10.8. The lowest BCUT2D eigenvalue weighted by molar-refractivity contribution is -0.118. The summed E-state index contributed by atoms with van der Waals surface area (Å²) in [5.41, 5.74) is 1.12. The van der Waals surface area contributed by atoms with Gasteiger partial charge >= 0.3 is 5.97 Å². The highest BCUT2D eigenvalue weighted by Gasteiger charge is 2.23. The van der Waals surface area contributed by atoms with Crippen molar-refractivity contribution >= 4 is 39.6 Å². The molecule has 6 nitrogen and oxygen atoms in total. The van der Waals surface area contributed by atoms with E-state index in [-0.39, 0.29) is 19.1 Å². The summed E-state index contributed by atoms with van der Waals surface area (Å²) >= 11 is 2.80. The number of thiophene rings is 2. The zero-order chi connectivity index (χ0) is 19.9. The summed E-state index contributed by atoms with van der Waals surface area (Å²) in [4.78, 5) is 25.7. The minimum atomic E-state index is -0.460. The third kappa shape index (κ3) is 4.71. The van der Waals surface area contributed by atoms with Crippen LogP contribution in [0.1, 0.15) is 17.3 Å². The number of hydrogen-bond donors (Lipinski definition) is 1. The predicted octanol–water partition coefficient (Wildman–Crippen LogP) is 4.68. The number of carbonyl (C=O) groups is 2. The molecule has 0 aliphatic rings. The molecule has 3 rings (SSSR count). The third-order valence-corrected chi connectivity index (χ3v) is 5.54. The normalized spacial score (nSPS) is 10.4. The summed E-state index contributed by atoms with van der Waals surface area (Å²) in [6.07, 6.45) is 0. The number of carbonyl (C=O) groups excluding carboxylic acids is 2. The average Bonchev–Trinajstić information content (AvgIpc) is 3.36. The van der Waals surface area contributed by atoms with Crippen LogP contribution in [0.5, 0.6) is 11.5 Å². The number of methoxy groups -OCH3 is 1. The van der Waals surface area contributed by atoms with E-state index in [1.165, 1.54) is 22.7 Å². The molecule has 0 saturated heterocycles. The molecule has 0 saturated carbocycles. The maximum Gasteiger partial charge on any atom is 0.341 e. The number of anilines is 1. The summed E-state index contributed by atoms with van der Waals surface area (Å²) < 4.78 is 15.8. The fraction of sp³-hybridized carbons (Fsp3) is 0.200. The third-order valence-electron chi connectivity index (χ3n) is 3.74. The van der Waals surface area contributed by atoms with E-state index in [0.717, 1.165) is 10.4 Å². The van der Waals surface area contributed by atoms with Crippen LogP contribution in [0, 0.1) is 0 Å². The Kier molecular flexibility index (Phi) is 6.67. The van der Waals surface area contributed by atoms with Crippen molar-refractivity contribution < 1.29 is 23.8 Å². The van der Waals surface area contributed by atoms with Crippen molar-refractivity contribution in [2.75, 3.05) is 25.6 Å². The summed E-state index contributed by atoms with van der Waals surface area (Å²) in [6.45, 7) is 1.82. The number of amides is 1. The second kappa shape index (κ2) is 9.38. The van der Waals surface area contributed by atoms with E-state index in [1.807, 2.05) is 22.9 Å². The Morgan fingerprint density at radius 2 is 1.82 bits per heavy atom. The molecular weight excluding hydrogens is 398 g/mol. The Morgan fingerprint density at radius 3 is 2.46 bits per heavy atom.